The van der Waals surface area contributed by atoms with Gasteiger partial charge >= 0.3 is 0 Å². The number of hydrogen-bond acceptors (Lipinski definition) is 18. The first-order valence-corrected chi connectivity index (χ1v) is 18.2. The van der Waals surface area contributed by atoms with Crippen LogP contribution in [0.5, 0.6) is 0 Å². The Morgan fingerprint density at radius 3 is 0.963 bits per heavy atom. The van der Waals surface area contributed by atoms with Gasteiger partial charge in [0.05, 0.1) is 181 Å². The minimum Gasteiger partial charge on any atom is -0.379 e. The summed E-state index contributed by atoms with van der Waals surface area (Å²) in [5.41, 5.74) is -0.530. The predicted molar refractivity (Wildman–Crippen MR) is 195 cm³/mol. The quantitative estimate of drug-likeness (QED) is 0.0570. The lowest BCUT2D eigenvalue weighted by Gasteiger charge is -2.09. The third-order valence-electron chi connectivity index (χ3n) is 6.62. The normalized spacial score (nSPS) is 11.4. The Morgan fingerprint density at radius 2 is 0.704 bits per heavy atom. The number of nitro benzene ring substituents is 2. The molecule has 0 unspecified atom stereocenters. The molecule has 1 N–H and O–H groups in total. The van der Waals surface area contributed by atoms with Crippen LogP contribution in [-0.2, 0) is 61.6 Å². The Kier molecular flexibility index (Phi) is 35.2. The van der Waals surface area contributed by atoms with Crippen molar-refractivity contribution in [1.29, 1.82) is 0 Å². The zero-order chi connectivity index (χ0) is 39.0. The van der Waals surface area contributed by atoms with Crippen molar-refractivity contribution in [3.63, 3.8) is 0 Å². The Hall–Kier alpha value is -2.70. The van der Waals surface area contributed by atoms with Gasteiger partial charge in [0.2, 0.25) is 0 Å². The summed E-state index contributed by atoms with van der Waals surface area (Å²) in [4.78, 5) is 20.6. The Balaban J connectivity index is 1.69. The fourth-order valence-corrected chi connectivity index (χ4v) is 3.98. The summed E-state index contributed by atoms with van der Waals surface area (Å²) in [6, 6.07) is 3.43. The van der Waals surface area contributed by atoms with Crippen LogP contribution in [-0.4, -0.2) is 188 Å². The van der Waals surface area contributed by atoms with Crippen LogP contribution < -0.4 is 5.32 Å². The van der Waals surface area contributed by atoms with Crippen LogP contribution in [0.4, 0.5) is 17.1 Å². The Labute approximate surface area is 317 Å². The summed E-state index contributed by atoms with van der Waals surface area (Å²) in [7, 11) is 0. The molecule has 0 saturated carbocycles. The first-order valence-electron chi connectivity index (χ1n) is 18.2. The van der Waals surface area contributed by atoms with Crippen LogP contribution in [0.1, 0.15) is 6.92 Å². The van der Waals surface area contributed by atoms with E-state index in [9.17, 15) is 20.2 Å². The van der Waals surface area contributed by atoms with Gasteiger partial charge in [0.1, 0.15) is 5.69 Å². The second kappa shape index (κ2) is 38.6. The molecule has 0 aromatic heterocycles. The molecule has 0 atom stereocenters. The zero-order valence-corrected chi connectivity index (χ0v) is 31.7. The lowest BCUT2D eigenvalue weighted by Crippen LogP contribution is -2.16. The molecule has 20 heteroatoms. The van der Waals surface area contributed by atoms with Gasteiger partial charge < -0.3 is 66.9 Å². The highest BCUT2D eigenvalue weighted by atomic mass is 16.6. The summed E-state index contributed by atoms with van der Waals surface area (Å²) in [6.07, 6.45) is 0. The highest BCUT2D eigenvalue weighted by Crippen LogP contribution is 2.28. The van der Waals surface area contributed by atoms with Crippen molar-refractivity contribution in [2.75, 3.05) is 184 Å². The van der Waals surface area contributed by atoms with E-state index in [2.05, 4.69) is 5.32 Å². The number of ether oxygens (including phenoxy) is 13. The van der Waals surface area contributed by atoms with Gasteiger partial charge in [0.15, 0.2) is 0 Å². The van der Waals surface area contributed by atoms with E-state index in [0.29, 0.717) is 165 Å². The number of rotatable bonds is 43. The molecule has 0 aliphatic carbocycles. The van der Waals surface area contributed by atoms with Gasteiger partial charge in [-0.15, -0.1) is 0 Å². The number of anilines is 1. The van der Waals surface area contributed by atoms with Gasteiger partial charge in [0.25, 0.3) is 11.4 Å². The second-order valence-electron chi connectivity index (χ2n) is 10.7. The molecule has 0 aliphatic heterocycles. The fraction of sp³-hybridized carbons (Fsp3) is 0.824. The molecule has 54 heavy (non-hydrogen) atoms. The van der Waals surface area contributed by atoms with E-state index >= 15 is 0 Å². The van der Waals surface area contributed by atoms with Gasteiger partial charge in [-0.1, -0.05) is 0 Å². The molecule has 0 bridgehead atoms. The summed E-state index contributed by atoms with van der Waals surface area (Å²) < 4.78 is 70.5. The van der Waals surface area contributed by atoms with E-state index < -0.39 is 9.85 Å². The van der Waals surface area contributed by atoms with Crippen molar-refractivity contribution in [2.45, 2.75) is 6.92 Å². The van der Waals surface area contributed by atoms with E-state index in [0.717, 1.165) is 6.07 Å². The molecule has 1 aromatic carbocycles. The minimum absolute atomic E-state index is 0.184. The lowest BCUT2D eigenvalue weighted by atomic mass is 10.2. The molecule has 0 amide bonds. The average Bonchev–Trinajstić information content (AvgIpc) is 3.17. The molecule has 0 heterocycles. The van der Waals surface area contributed by atoms with E-state index in [4.69, 9.17) is 61.6 Å². The average molecular weight is 784 g/mol. The molecule has 0 saturated heterocycles. The van der Waals surface area contributed by atoms with Crippen molar-refractivity contribution in [1.82, 2.24) is 0 Å². The topological polar surface area (TPSA) is 218 Å². The number of benzene rings is 1. The first-order chi connectivity index (χ1) is 26.6. The van der Waals surface area contributed by atoms with Crippen LogP contribution in [0.15, 0.2) is 18.2 Å². The maximum absolute atomic E-state index is 11.2. The first kappa shape index (κ1) is 49.3. The number of nitro groups is 2. The van der Waals surface area contributed by atoms with E-state index in [-0.39, 0.29) is 30.2 Å². The Bertz CT molecular complexity index is 1010. The number of hydrogen-bond donors (Lipinski definition) is 1. The van der Waals surface area contributed by atoms with Crippen LogP contribution >= 0.6 is 0 Å². The van der Waals surface area contributed by atoms with Crippen molar-refractivity contribution < 1.29 is 71.4 Å². The molecular weight excluding hydrogens is 722 g/mol. The standard InChI is InChI=1S/C34H61N3O17/c1-2-42-7-8-44-11-12-46-15-16-48-19-20-50-23-24-52-27-28-54-30-29-53-26-25-51-22-21-49-18-17-47-14-13-45-10-9-43-6-5-35-33-4-3-32(36(38)39)31-34(33)37(40)41/h3-4,31,35H,2,5-30H2,1H3. The second-order valence-corrected chi connectivity index (χ2v) is 10.7. The van der Waals surface area contributed by atoms with E-state index in [1.165, 1.54) is 12.1 Å². The molecule has 0 fully saturated rings. The SMILES string of the molecule is CCOCCOCCOCCOCCOCCOCCOCCOCCOCCOCCOCCOCCOCCNc1ccc([N+](=O)[O-])cc1[N+](=O)[O-]. The summed E-state index contributed by atoms with van der Waals surface area (Å²) >= 11 is 0. The van der Waals surface area contributed by atoms with Gasteiger partial charge in [-0.25, -0.2) is 0 Å². The Morgan fingerprint density at radius 1 is 0.426 bits per heavy atom. The summed E-state index contributed by atoms with van der Waals surface area (Å²) in [5, 5.41) is 24.8. The van der Waals surface area contributed by atoms with Crippen molar-refractivity contribution >= 4 is 17.1 Å². The minimum atomic E-state index is -0.682. The molecule has 20 nitrogen and oxygen atoms in total. The van der Waals surface area contributed by atoms with Crippen LogP contribution in [0.3, 0.4) is 0 Å². The summed E-state index contributed by atoms with van der Waals surface area (Å²) in [5.74, 6) is 0. The van der Waals surface area contributed by atoms with E-state index in [1.807, 2.05) is 6.92 Å². The largest absolute Gasteiger partial charge is 0.379 e. The number of nitrogens with zero attached hydrogens (tertiary/aromatic N) is 2. The highest BCUT2D eigenvalue weighted by Gasteiger charge is 2.19. The third kappa shape index (κ3) is 31.6. The van der Waals surface area contributed by atoms with Gasteiger partial charge in [-0.05, 0) is 13.0 Å². The lowest BCUT2D eigenvalue weighted by molar-refractivity contribution is -0.393. The van der Waals surface area contributed by atoms with Crippen molar-refractivity contribution in [2.24, 2.45) is 0 Å². The maximum atomic E-state index is 11.2. The monoisotopic (exact) mass is 783 g/mol. The van der Waals surface area contributed by atoms with Crippen molar-refractivity contribution in [3.8, 4) is 0 Å². The smallest absolute Gasteiger partial charge is 0.299 e. The van der Waals surface area contributed by atoms with Crippen LogP contribution in [0.2, 0.25) is 0 Å². The summed E-state index contributed by atoms with van der Waals surface area (Å²) in [6.45, 7) is 14.7. The molecule has 314 valence electrons. The fourth-order valence-electron chi connectivity index (χ4n) is 3.98. The van der Waals surface area contributed by atoms with Gasteiger partial charge in [0, 0.05) is 19.2 Å². The zero-order valence-electron chi connectivity index (χ0n) is 31.7. The predicted octanol–water partition coefficient (Wildman–Crippen LogP) is 2.15. The molecule has 1 aromatic rings. The van der Waals surface area contributed by atoms with Gasteiger partial charge in [-0.2, -0.15) is 0 Å². The molecule has 1 rings (SSSR count). The third-order valence-corrected chi connectivity index (χ3v) is 6.62. The molecule has 0 radical (unpaired) electrons. The van der Waals surface area contributed by atoms with Crippen LogP contribution in [0, 0.1) is 20.2 Å². The van der Waals surface area contributed by atoms with Crippen molar-refractivity contribution in [3.05, 3.63) is 38.4 Å². The van der Waals surface area contributed by atoms with Gasteiger partial charge in [-0.3, -0.25) is 20.2 Å². The number of non-ortho nitro benzene ring substituents is 1. The van der Waals surface area contributed by atoms with Crippen LogP contribution in [0.25, 0.3) is 0 Å². The van der Waals surface area contributed by atoms with E-state index in [1.54, 1.807) is 0 Å². The maximum Gasteiger partial charge on any atom is 0.299 e. The molecular formula is C34H61N3O17. The molecule has 0 spiro atoms. The highest BCUT2D eigenvalue weighted by molar-refractivity contribution is 5.65. The number of nitrogens with one attached hydrogen (secondary N) is 1. The molecule has 0 aliphatic rings.